The molecule has 0 spiro atoms. The number of hydrogen-bond acceptors (Lipinski definition) is 4. The van der Waals surface area contributed by atoms with Crippen LogP contribution in [-0.2, 0) is 9.84 Å². The number of hydrogen-bond donors (Lipinski definition) is 1. The first-order chi connectivity index (χ1) is 14.2. The molecule has 0 aromatic heterocycles. The van der Waals surface area contributed by atoms with Gasteiger partial charge in [-0.3, -0.25) is 4.79 Å². The van der Waals surface area contributed by atoms with Crippen LogP contribution in [0.3, 0.4) is 0 Å². The Morgan fingerprint density at radius 2 is 1.77 bits per heavy atom. The van der Waals surface area contributed by atoms with Crippen LogP contribution in [-0.4, -0.2) is 38.8 Å². The second-order valence-corrected chi connectivity index (χ2v) is 9.39. The molecule has 1 aliphatic rings. The first-order valence-electron chi connectivity index (χ1n) is 9.70. The number of alkyl halides is 1. The molecule has 0 radical (unpaired) electrons. The van der Waals surface area contributed by atoms with Crippen LogP contribution in [0.2, 0.25) is 0 Å². The van der Waals surface area contributed by atoms with E-state index in [-0.39, 0.29) is 29.1 Å². The number of primary amides is 1. The number of benzene rings is 2. The van der Waals surface area contributed by atoms with Crippen LogP contribution in [0.5, 0.6) is 0 Å². The van der Waals surface area contributed by atoms with Gasteiger partial charge in [0.15, 0.2) is 9.84 Å². The van der Waals surface area contributed by atoms with E-state index in [0.29, 0.717) is 13.1 Å². The number of rotatable bonds is 7. The Bertz CT molecular complexity index is 1050. The number of nitrogens with two attached hydrogens (primary N) is 1. The molecule has 0 aliphatic carbocycles. The van der Waals surface area contributed by atoms with E-state index in [9.17, 15) is 13.2 Å². The molecule has 0 bridgehead atoms. The Kier molecular flexibility index (Phi) is 6.41. The molecule has 0 unspecified atom stereocenters. The molecule has 5 nitrogen and oxygen atoms in total. The van der Waals surface area contributed by atoms with Crippen molar-refractivity contribution in [2.45, 2.75) is 23.4 Å². The molecule has 2 N–H and O–H groups in total. The molecular formula is C23H25FN2O3S. The maximum Gasteiger partial charge on any atom is 0.248 e. The highest BCUT2D eigenvalue weighted by molar-refractivity contribution is 7.91. The van der Waals surface area contributed by atoms with Gasteiger partial charge in [-0.25, -0.2) is 12.8 Å². The molecule has 0 atom stereocenters. The lowest BCUT2D eigenvalue weighted by molar-refractivity contribution is 0.1000. The number of nitrogens with zero attached hydrogens (tertiary/aromatic N) is 1. The Morgan fingerprint density at radius 3 is 2.37 bits per heavy atom. The van der Waals surface area contributed by atoms with E-state index < -0.39 is 21.4 Å². The molecule has 2 aromatic carbocycles. The smallest absolute Gasteiger partial charge is 0.248 e. The SMILES string of the molecule is C=Cc1ccccc1N1CCC(F)(C=CCS(=O)(=O)c2ccc(C(N)=O)cc2)CC1. The van der Waals surface area contributed by atoms with Crippen LogP contribution in [0.25, 0.3) is 6.08 Å². The fraction of sp³-hybridized carbons (Fsp3) is 0.261. The highest BCUT2D eigenvalue weighted by Gasteiger charge is 2.32. The zero-order valence-corrected chi connectivity index (χ0v) is 17.4. The molecule has 158 valence electrons. The summed E-state index contributed by atoms with van der Waals surface area (Å²) in [5.41, 5.74) is 5.90. The van der Waals surface area contributed by atoms with Crippen LogP contribution in [0, 0.1) is 0 Å². The van der Waals surface area contributed by atoms with Gasteiger partial charge in [-0.15, -0.1) is 0 Å². The van der Waals surface area contributed by atoms with E-state index in [2.05, 4.69) is 11.5 Å². The van der Waals surface area contributed by atoms with E-state index in [1.807, 2.05) is 24.3 Å². The summed E-state index contributed by atoms with van der Waals surface area (Å²) in [6.45, 7) is 4.89. The molecule has 2 aromatic rings. The van der Waals surface area contributed by atoms with Gasteiger partial charge in [-0.05, 0) is 35.9 Å². The summed E-state index contributed by atoms with van der Waals surface area (Å²) in [4.78, 5) is 13.3. The lowest BCUT2D eigenvalue weighted by Gasteiger charge is -2.37. The van der Waals surface area contributed by atoms with Crippen LogP contribution in [0.4, 0.5) is 10.1 Å². The maximum absolute atomic E-state index is 15.2. The minimum atomic E-state index is -3.62. The molecule has 30 heavy (non-hydrogen) atoms. The molecule has 0 saturated carbocycles. The predicted molar refractivity (Wildman–Crippen MR) is 118 cm³/mol. The summed E-state index contributed by atoms with van der Waals surface area (Å²) >= 11 is 0. The third-order valence-corrected chi connectivity index (χ3v) is 6.94. The van der Waals surface area contributed by atoms with Crippen LogP contribution >= 0.6 is 0 Å². The highest BCUT2D eigenvalue weighted by atomic mass is 32.2. The predicted octanol–water partition coefficient (Wildman–Crippen LogP) is 3.77. The summed E-state index contributed by atoms with van der Waals surface area (Å²) in [5.74, 6) is -0.933. The number of sulfone groups is 1. The molecule has 1 aliphatic heterocycles. The van der Waals surface area contributed by atoms with Crippen LogP contribution in [0.1, 0.15) is 28.8 Å². The van der Waals surface area contributed by atoms with Gasteiger partial charge >= 0.3 is 0 Å². The Morgan fingerprint density at radius 1 is 1.13 bits per heavy atom. The van der Waals surface area contributed by atoms with Crippen molar-refractivity contribution in [3.05, 3.63) is 78.4 Å². The van der Waals surface area contributed by atoms with Crippen LogP contribution in [0.15, 0.2) is 72.2 Å². The Labute approximate surface area is 176 Å². The first kappa shape index (κ1) is 21.8. The highest BCUT2D eigenvalue weighted by Crippen LogP contribution is 2.32. The molecule has 1 fully saturated rings. The molecule has 1 saturated heterocycles. The lowest BCUT2D eigenvalue weighted by Crippen LogP contribution is -2.41. The Hall–Kier alpha value is -2.93. The van der Waals surface area contributed by atoms with E-state index in [4.69, 9.17) is 5.73 Å². The maximum atomic E-state index is 15.2. The second kappa shape index (κ2) is 8.83. The average Bonchev–Trinajstić information content (AvgIpc) is 2.74. The largest absolute Gasteiger partial charge is 0.371 e. The molecule has 3 rings (SSSR count). The number of anilines is 1. The van der Waals surface area contributed by atoms with Gasteiger partial charge in [0.1, 0.15) is 5.67 Å². The van der Waals surface area contributed by atoms with Crippen molar-refractivity contribution in [1.82, 2.24) is 0 Å². The van der Waals surface area contributed by atoms with Crippen molar-refractivity contribution in [3.63, 3.8) is 0 Å². The fourth-order valence-corrected chi connectivity index (χ4v) is 4.64. The lowest BCUT2D eigenvalue weighted by atomic mass is 9.92. The minimum absolute atomic E-state index is 0.0703. The monoisotopic (exact) mass is 428 g/mol. The van der Waals surface area contributed by atoms with Crippen molar-refractivity contribution in [2.75, 3.05) is 23.7 Å². The van der Waals surface area contributed by atoms with Crippen LogP contribution < -0.4 is 10.6 Å². The number of carbonyl (C=O) groups is 1. The summed E-state index contributed by atoms with van der Waals surface area (Å²) in [7, 11) is -3.62. The molecule has 1 amide bonds. The summed E-state index contributed by atoms with van der Waals surface area (Å²) in [5, 5.41) is 0. The number of carbonyl (C=O) groups excluding carboxylic acids is 1. The quantitative estimate of drug-likeness (QED) is 0.681. The van der Waals surface area contributed by atoms with Gasteiger partial charge < -0.3 is 10.6 Å². The zero-order chi connectivity index (χ0) is 21.8. The molecule has 1 heterocycles. The third kappa shape index (κ3) is 4.97. The van der Waals surface area contributed by atoms with Gasteiger partial charge in [-0.1, -0.05) is 43.0 Å². The van der Waals surface area contributed by atoms with E-state index in [1.54, 1.807) is 6.08 Å². The van der Waals surface area contributed by atoms with Crippen molar-refractivity contribution in [3.8, 4) is 0 Å². The fourth-order valence-electron chi connectivity index (χ4n) is 3.54. The molecule has 7 heteroatoms. The second-order valence-electron chi connectivity index (χ2n) is 7.36. The van der Waals surface area contributed by atoms with Gasteiger partial charge in [0.2, 0.25) is 5.91 Å². The standard InChI is InChI=1S/C23H25FN2O3S/c1-2-18-6-3-4-7-21(18)26-15-13-23(24,14-16-26)12-5-17-30(28,29)20-10-8-19(9-11-20)22(25)27/h2-12H,1,13-17H2,(H2,25,27). The van der Waals surface area contributed by atoms with Crippen molar-refractivity contribution < 1.29 is 17.6 Å². The first-order valence-corrected chi connectivity index (χ1v) is 11.3. The average molecular weight is 429 g/mol. The van der Waals surface area contributed by atoms with Crippen molar-refractivity contribution in [2.24, 2.45) is 5.73 Å². The van der Waals surface area contributed by atoms with Gasteiger partial charge in [0.05, 0.1) is 10.6 Å². The van der Waals surface area contributed by atoms with Gasteiger partial charge in [0, 0.05) is 37.2 Å². The summed E-state index contributed by atoms with van der Waals surface area (Å²) in [6, 6.07) is 13.3. The third-order valence-electron chi connectivity index (χ3n) is 5.32. The molecular weight excluding hydrogens is 403 g/mol. The van der Waals surface area contributed by atoms with E-state index >= 15 is 4.39 Å². The number of piperidine rings is 1. The minimum Gasteiger partial charge on any atom is -0.371 e. The zero-order valence-electron chi connectivity index (χ0n) is 16.6. The van der Waals surface area contributed by atoms with Gasteiger partial charge in [0.25, 0.3) is 0 Å². The topological polar surface area (TPSA) is 80.5 Å². The van der Waals surface area contributed by atoms with E-state index in [1.165, 1.54) is 36.4 Å². The van der Waals surface area contributed by atoms with E-state index in [0.717, 1.165) is 11.3 Å². The van der Waals surface area contributed by atoms with Crippen molar-refractivity contribution >= 4 is 27.5 Å². The summed E-state index contributed by atoms with van der Waals surface area (Å²) < 4.78 is 40.1. The number of amides is 1. The van der Waals surface area contributed by atoms with Crippen molar-refractivity contribution in [1.29, 1.82) is 0 Å². The normalized spacial score (nSPS) is 16.5. The number of allylic oxidation sites excluding steroid dienone is 1. The summed E-state index contributed by atoms with van der Waals surface area (Å²) in [6.07, 6.45) is 5.10. The number of halogens is 1. The van der Waals surface area contributed by atoms with Gasteiger partial charge in [-0.2, -0.15) is 0 Å². The Balaban J connectivity index is 1.62. The number of para-hydroxylation sites is 1.